The maximum absolute atomic E-state index is 12.9. The third-order valence-electron chi connectivity index (χ3n) is 5.82. The van der Waals surface area contributed by atoms with Crippen LogP contribution in [0.2, 0.25) is 0 Å². The fourth-order valence-electron chi connectivity index (χ4n) is 3.99. The van der Waals surface area contributed by atoms with Crippen molar-refractivity contribution in [3.63, 3.8) is 0 Å². The molecule has 4 rings (SSSR count). The third-order valence-corrected chi connectivity index (χ3v) is 6.18. The monoisotopic (exact) mass is 467 g/mol. The third kappa shape index (κ3) is 5.46. The largest absolute Gasteiger partial charge is 0.493 e. The van der Waals surface area contributed by atoms with Crippen LogP contribution >= 0.6 is 12.2 Å². The van der Waals surface area contributed by atoms with Crippen LogP contribution < -0.4 is 20.3 Å². The molecule has 174 valence electrons. The summed E-state index contributed by atoms with van der Waals surface area (Å²) in [5.74, 6) is 1.17. The van der Waals surface area contributed by atoms with Gasteiger partial charge in [-0.3, -0.25) is 4.79 Å². The first kappa shape index (κ1) is 23.1. The summed E-state index contributed by atoms with van der Waals surface area (Å²) >= 11 is 5.75. The first-order valence-electron chi connectivity index (χ1n) is 11.0. The smallest absolute Gasteiger partial charge is 0.253 e. The minimum Gasteiger partial charge on any atom is -0.493 e. The van der Waals surface area contributed by atoms with Crippen LogP contribution in [0, 0.1) is 6.92 Å². The molecule has 1 fully saturated rings. The van der Waals surface area contributed by atoms with Crippen LogP contribution in [-0.4, -0.2) is 48.5 Å². The Kier molecular flexibility index (Phi) is 7.15. The second-order valence-corrected chi connectivity index (χ2v) is 8.62. The molecule has 0 radical (unpaired) electrons. The predicted octanol–water partition coefficient (Wildman–Crippen LogP) is 4.23. The minimum absolute atomic E-state index is 0.0895. The van der Waals surface area contributed by atoms with E-state index in [0.29, 0.717) is 40.8 Å². The van der Waals surface area contributed by atoms with Gasteiger partial charge in [-0.05, 0) is 56.2 Å². The fraction of sp³-hybridized carbons (Fsp3) is 0.360. The van der Waals surface area contributed by atoms with Gasteiger partial charge >= 0.3 is 0 Å². The molecule has 1 aromatic heterocycles. The summed E-state index contributed by atoms with van der Waals surface area (Å²) in [7, 11) is 3.16. The molecule has 2 N–H and O–H groups in total. The van der Waals surface area contributed by atoms with Gasteiger partial charge in [0.05, 0.1) is 32.4 Å². The van der Waals surface area contributed by atoms with Crippen LogP contribution in [0.1, 0.15) is 24.0 Å². The molecule has 7 nitrogen and oxygen atoms in total. The van der Waals surface area contributed by atoms with Gasteiger partial charge in [0, 0.05) is 35.9 Å². The summed E-state index contributed by atoms with van der Waals surface area (Å²) in [5.41, 5.74) is 3.23. The van der Waals surface area contributed by atoms with Crippen molar-refractivity contribution >= 4 is 33.9 Å². The van der Waals surface area contributed by atoms with Gasteiger partial charge in [-0.2, -0.15) is 0 Å². The lowest BCUT2D eigenvalue weighted by atomic mass is 10.1. The average molecular weight is 468 g/mol. The number of hydrogen-bond donors (Lipinski definition) is 2. The number of aromatic nitrogens is 1. The molecule has 0 bridgehead atoms. The van der Waals surface area contributed by atoms with Crippen molar-refractivity contribution in [3.05, 3.63) is 63.9 Å². The van der Waals surface area contributed by atoms with Gasteiger partial charge in [0.15, 0.2) is 16.6 Å². The molecule has 0 spiro atoms. The van der Waals surface area contributed by atoms with E-state index in [1.54, 1.807) is 20.3 Å². The van der Waals surface area contributed by atoms with E-state index < -0.39 is 0 Å². The van der Waals surface area contributed by atoms with Crippen LogP contribution in [0.3, 0.4) is 0 Å². The molecule has 0 aliphatic carbocycles. The van der Waals surface area contributed by atoms with E-state index >= 15 is 0 Å². The Morgan fingerprint density at radius 2 is 1.91 bits per heavy atom. The zero-order valence-electron chi connectivity index (χ0n) is 19.1. The summed E-state index contributed by atoms with van der Waals surface area (Å²) < 4.78 is 16.6. The van der Waals surface area contributed by atoms with E-state index in [2.05, 4.69) is 10.3 Å². The topological polar surface area (TPSA) is 75.8 Å². The summed E-state index contributed by atoms with van der Waals surface area (Å²) in [6.07, 6.45) is 2.11. The Labute approximate surface area is 198 Å². The number of thiocarbonyl (C=S) groups is 1. The molecular formula is C25H29N3O4S. The predicted molar refractivity (Wildman–Crippen MR) is 134 cm³/mol. The molecule has 0 saturated carbocycles. The normalized spacial score (nSPS) is 15.4. The van der Waals surface area contributed by atoms with E-state index in [9.17, 15) is 4.79 Å². The molecular weight excluding hydrogens is 438 g/mol. The van der Waals surface area contributed by atoms with Crippen LogP contribution in [0.5, 0.6) is 11.5 Å². The SMILES string of the molecule is COc1cc2cc(CN(CC3CCCO3)C(=S)Nc3ccc(C)cc3)c(=O)[nH]c2cc1OC. The van der Waals surface area contributed by atoms with Crippen molar-refractivity contribution < 1.29 is 14.2 Å². The highest BCUT2D eigenvalue weighted by atomic mass is 32.1. The molecule has 3 aromatic rings. The van der Waals surface area contributed by atoms with Gasteiger partial charge in [-0.1, -0.05) is 17.7 Å². The molecule has 1 unspecified atom stereocenters. The Morgan fingerprint density at radius 3 is 2.58 bits per heavy atom. The van der Waals surface area contributed by atoms with Crippen LogP contribution in [0.25, 0.3) is 10.9 Å². The molecule has 1 atom stereocenters. The van der Waals surface area contributed by atoms with Crippen molar-refractivity contribution in [2.24, 2.45) is 0 Å². The molecule has 2 aromatic carbocycles. The number of H-pyrrole nitrogens is 1. The minimum atomic E-state index is -0.162. The average Bonchev–Trinajstić information content (AvgIpc) is 3.33. The number of nitrogens with zero attached hydrogens (tertiary/aromatic N) is 1. The number of ether oxygens (including phenoxy) is 3. The summed E-state index contributed by atoms with van der Waals surface area (Å²) in [6, 6.07) is 13.6. The molecule has 2 heterocycles. The first-order valence-corrected chi connectivity index (χ1v) is 11.4. The number of fused-ring (bicyclic) bond motifs is 1. The molecule has 1 aliphatic rings. The number of methoxy groups -OCH3 is 2. The number of aromatic amines is 1. The van der Waals surface area contributed by atoms with Gasteiger partial charge in [0.1, 0.15) is 0 Å². The highest BCUT2D eigenvalue weighted by Gasteiger charge is 2.22. The van der Waals surface area contributed by atoms with Gasteiger partial charge in [0.2, 0.25) is 0 Å². The van der Waals surface area contributed by atoms with Crippen LogP contribution in [0.4, 0.5) is 5.69 Å². The summed E-state index contributed by atoms with van der Waals surface area (Å²) in [6.45, 7) is 3.77. The number of pyridine rings is 1. The van der Waals surface area contributed by atoms with E-state index in [1.807, 2.05) is 48.2 Å². The number of benzene rings is 2. The molecule has 1 aliphatic heterocycles. The van der Waals surface area contributed by atoms with E-state index in [-0.39, 0.29) is 11.7 Å². The van der Waals surface area contributed by atoms with Crippen molar-refractivity contribution in [2.75, 3.05) is 32.7 Å². The molecule has 8 heteroatoms. The fourth-order valence-corrected chi connectivity index (χ4v) is 4.25. The zero-order chi connectivity index (χ0) is 23.4. The number of aryl methyl sites for hydroxylation is 1. The number of hydrogen-bond acceptors (Lipinski definition) is 5. The Bertz CT molecular complexity index is 1190. The lowest BCUT2D eigenvalue weighted by Gasteiger charge is -2.28. The second-order valence-electron chi connectivity index (χ2n) is 8.23. The van der Waals surface area contributed by atoms with E-state index in [0.717, 1.165) is 30.5 Å². The van der Waals surface area contributed by atoms with Gasteiger partial charge in [0.25, 0.3) is 5.56 Å². The molecule has 33 heavy (non-hydrogen) atoms. The lowest BCUT2D eigenvalue weighted by molar-refractivity contribution is 0.0904. The second kappa shape index (κ2) is 10.2. The van der Waals surface area contributed by atoms with Crippen molar-refractivity contribution in [1.29, 1.82) is 0 Å². The summed E-state index contributed by atoms with van der Waals surface area (Å²) in [5, 5.41) is 4.72. The highest BCUT2D eigenvalue weighted by molar-refractivity contribution is 7.80. The molecule has 0 amide bonds. The Morgan fingerprint density at radius 1 is 1.18 bits per heavy atom. The molecule has 1 saturated heterocycles. The van der Waals surface area contributed by atoms with Gasteiger partial charge in [-0.15, -0.1) is 0 Å². The van der Waals surface area contributed by atoms with Crippen LogP contribution in [-0.2, 0) is 11.3 Å². The standard InChI is InChI=1S/C25H29N3O4S/c1-16-6-8-19(9-7-16)26-25(33)28(15-20-5-4-10-32-20)14-18-11-17-12-22(30-2)23(31-3)13-21(17)27-24(18)29/h6-9,11-13,20H,4-5,10,14-15H2,1-3H3,(H,26,33)(H,27,29). The van der Waals surface area contributed by atoms with E-state index in [4.69, 9.17) is 26.4 Å². The maximum Gasteiger partial charge on any atom is 0.253 e. The van der Waals surface area contributed by atoms with Crippen molar-refractivity contribution in [1.82, 2.24) is 9.88 Å². The lowest BCUT2D eigenvalue weighted by Crippen LogP contribution is -2.40. The highest BCUT2D eigenvalue weighted by Crippen LogP contribution is 2.31. The quantitative estimate of drug-likeness (QED) is 0.504. The van der Waals surface area contributed by atoms with Crippen LogP contribution in [0.15, 0.2) is 47.3 Å². The van der Waals surface area contributed by atoms with Gasteiger partial charge in [-0.25, -0.2) is 0 Å². The Hall–Kier alpha value is -3.10. The maximum atomic E-state index is 12.9. The zero-order valence-corrected chi connectivity index (χ0v) is 20.0. The number of anilines is 1. The number of rotatable bonds is 7. The van der Waals surface area contributed by atoms with Crippen molar-refractivity contribution in [2.45, 2.75) is 32.4 Å². The van der Waals surface area contributed by atoms with Gasteiger partial charge < -0.3 is 29.4 Å². The van der Waals surface area contributed by atoms with Crippen molar-refractivity contribution in [3.8, 4) is 11.5 Å². The van der Waals surface area contributed by atoms with E-state index in [1.165, 1.54) is 5.56 Å². The summed E-state index contributed by atoms with van der Waals surface area (Å²) in [4.78, 5) is 17.9. The Balaban J connectivity index is 1.62. The number of nitrogens with one attached hydrogen (secondary N) is 2. The first-order chi connectivity index (χ1) is 16.0.